The molecule has 0 aliphatic rings. The highest BCUT2D eigenvalue weighted by Gasteiger charge is 2.14. The predicted molar refractivity (Wildman–Crippen MR) is 94.7 cm³/mol. The molecule has 23 heavy (non-hydrogen) atoms. The Hall–Kier alpha value is -2.04. The van der Waals surface area contributed by atoms with Gasteiger partial charge in [-0.25, -0.2) is 0 Å². The largest absolute Gasteiger partial charge is 0.376 e. The van der Waals surface area contributed by atoms with Gasteiger partial charge in [-0.1, -0.05) is 19.9 Å². The van der Waals surface area contributed by atoms with E-state index in [0.717, 1.165) is 31.6 Å². The van der Waals surface area contributed by atoms with Gasteiger partial charge in [0.15, 0.2) is 0 Å². The van der Waals surface area contributed by atoms with Gasteiger partial charge in [0.1, 0.15) is 0 Å². The number of nitrogens with zero attached hydrogens (tertiary/aromatic N) is 1. The lowest BCUT2D eigenvalue weighted by Crippen LogP contribution is -2.35. The second-order valence-corrected chi connectivity index (χ2v) is 5.95. The summed E-state index contributed by atoms with van der Waals surface area (Å²) >= 11 is 0. The lowest BCUT2D eigenvalue weighted by atomic mass is 10.1. The molecule has 2 N–H and O–H groups in total. The maximum atomic E-state index is 12.6. The van der Waals surface area contributed by atoms with Gasteiger partial charge < -0.3 is 15.5 Å². The summed E-state index contributed by atoms with van der Waals surface area (Å²) in [6, 6.07) is 7.45. The third kappa shape index (κ3) is 6.72. The van der Waals surface area contributed by atoms with E-state index in [0.29, 0.717) is 5.56 Å². The number of hydrogen-bond acceptors (Lipinski definition) is 3. The molecule has 2 amide bonds. The number of hydrogen-bond donors (Lipinski definition) is 2. The molecule has 0 unspecified atom stereocenters. The maximum absolute atomic E-state index is 12.6. The standard InChI is InChI=1S/C18H29N3O2/c1-5-10-21(11-6-2)18(23)15-8-7-9-16(12-15)19-13-17(22)20-14(3)4/h7-9,12,14,19H,5-6,10-11,13H2,1-4H3,(H,20,22). The van der Waals surface area contributed by atoms with Gasteiger partial charge >= 0.3 is 0 Å². The van der Waals surface area contributed by atoms with E-state index in [4.69, 9.17) is 0 Å². The zero-order chi connectivity index (χ0) is 17.2. The number of anilines is 1. The van der Waals surface area contributed by atoms with Crippen molar-refractivity contribution in [3.05, 3.63) is 29.8 Å². The van der Waals surface area contributed by atoms with Crippen LogP contribution < -0.4 is 10.6 Å². The fraction of sp³-hybridized carbons (Fsp3) is 0.556. The fourth-order valence-corrected chi connectivity index (χ4v) is 2.35. The lowest BCUT2D eigenvalue weighted by Gasteiger charge is -2.21. The first-order valence-corrected chi connectivity index (χ1v) is 8.40. The lowest BCUT2D eigenvalue weighted by molar-refractivity contribution is -0.119. The van der Waals surface area contributed by atoms with E-state index < -0.39 is 0 Å². The van der Waals surface area contributed by atoms with E-state index in [2.05, 4.69) is 24.5 Å². The normalized spacial score (nSPS) is 10.5. The Morgan fingerprint density at radius 1 is 1.13 bits per heavy atom. The van der Waals surface area contributed by atoms with Crippen LogP contribution in [0.2, 0.25) is 0 Å². The molecule has 0 saturated heterocycles. The first-order chi connectivity index (χ1) is 11.0. The SMILES string of the molecule is CCCN(CCC)C(=O)c1cccc(NCC(=O)NC(C)C)c1. The number of carbonyl (C=O) groups excluding carboxylic acids is 2. The molecule has 0 saturated carbocycles. The van der Waals surface area contributed by atoms with Crippen LogP contribution in [0, 0.1) is 0 Å². The third-order valence-corrected chi connectivity index (χ3v) is 3.29. The molecular weight excluding hydrogens is 290 g/mol. The van der Waals surface area contributed by atoms with Crippen LogP contribution in [0.1, 0.15) is 50.9 Å². The summed E-state index contributed by atoms with van der Waals surface area (Å²) in [6.45, 7) is 9.72. The average Bonchev–Trinajstić information content (AvgIpc) is 2.52. The van der Waals surface area contributed by atoms with Crippen LogP contribution in [-0.2, 0) is 4.79 Å². The van der Waals surface area contributed by atoms with Crippen molar-refractivity contribution >= 4 is 17.5 Å². The summed E-state index contributed by atoms with van der Waals surface area (Å²) in [5, 5.41) is 5.89. The Kier molecular flexibility index (Phi) is 8.16. The van der Waals surface area contributed by atoms with Crippen LogP contribution in [0.3, 0.4) is 0 Å². The molecule has 0 spiro atoms. The van der Waals surface area contributed by atoms with Crippen molar-refractivity contribution in [1.82, 2.24) is 10.2 Å². The highest BCUT2D eigenvalue weighted by atomic mass is 16.2. The van der Waals surface area contributed by atoms with E-state index >= 15 is 0 Å². The Labute approximate surface area is 139 Å². The smallest absolute Gasteiger partial charge is 0.253 e. The van der Waals surface area contributed by atoms with Crippen molar-refractivity contribution < 1.29 is 9.59 Å². The van der Waals surface area contributed by atoms with Gasteiger partial charge in [-0.15, -0.1) is 0 Å². The summed E-state index contributed by atoms with van der Waals surface area (Å²) in [4.78, 5) is 26.1. The second-order valence-electron chi connectivity index (χ2n) is 5.95. The molecule has 0 bridgehead atoms. The second kappa shape index (κ2) is 9.87. The van der Waals surface area contributed by atoms with Crippen molar-refractivity contribution in [3.63, 3.8) is 0 Å². The number of benzene rings is 1. The van der Waals surface area contributed by atoms with E-state index in [1.165, 1.54) is 0 Å². The van der Waals surface area contributed by atoms with Gasteiger partial charge in [0.2, 0.25) is 5.91 Å². The van der Waals surface area contributed by atoms with E-state index in [-0.39, 0.29) is 24.4 Å². The molecular formula is C18H29N3O2. The molecule has 0 fully saturated rings. The molecule has 128 valence electrons. The Balaban J connectivity index is 2.71. The molecule has 1 aromatic rings. The van der Waals surface area contributed by atoms with Crippen LogP contribution >= 0.6 is 0 Å². The summed E-state index contributed by atoms with van der Waals surface area (Å²) in [6.07, 6.45) is 1.89. The number of rotatable bonds is 9. The minimum absolute atomic E-state index is 0.0454. The van der Waals surface area contributed by atoms with Crippen molar-refractivity contribution in [2.24, 2.45) is 0 Å². The topological polar surface area (TPSA) is 61.4 Å². The third-order valence-electron chi connectivity index (χ3n) is 3.29. The Morgan fingerprint density at radius 2 is 1.78 bits per heavy atom. The van der Waals surface area contributed by atoms with Crippen LogP contribution in [0.4, 0.5) is 5.69 Å². The van der Waals surface area contributed by atoms with Gasteiger partial charge in [0.05, 0.1) is 6.54 Å². The number of amides is 2. The summed E-state index contributed by atoms with van der Waals surface area (Å²) in [5.74, 6) is -0.0145. The van der Waals surface area contributed by atoms with Gasteiger partial charge in [0.25, 0.3) is 5.91 Å². The first-order valence-electron chi connectivity index (χ1n) is 8.40. The van der Waals surface area contributed by atoms with E-state index in [9.17, 15) is 9.59 Å². The maximum Gasteiger partial charge on any atom is 0.253 e. The summed E-state index contributed by atoms with van der Waals surface area (Å²) in [7, 11) is 0. The molecule has 0 aliphatic heterocycles. The van der Waals surface area contributed by atoms with Crippen LogP contribution in [0.15, 0.2) is 24.3 Å². The van der Waals surface area contributed by atoms with Gasteiger partial charge in [0, 0.05) is 30.4 Å². The molecule has 0 aliphatic carbocycles. The van der Waals surface area contributed by atoms with Gasteiger partial charge in [-0.05, 0) is 44.9 Å². The number of nitrogens with one attached hydrogen (secondary N) is 2. The number of carbonyl (C=O) groups is 2. The minimum atomic E-state index is -0.0599. The summed E-state index contributed by atoms with van der Waals surface area (Å²) in [5.41, 5.74) is 1.43. The van der Waals surface area contributed by atoms with Crippen LogP contribution in [-0.4, -0.2) is 42.4 Å². The predicted octanol–water partition coefficient (Wildman–Crippen LogP) is 2.89. The Bertz CT molecular complexity index is 509. The zero-order valence-electron chi connectivity index (χ0n) is 14.7. The van der Waals surface area contributed by atoms with Crippen molar-refractivity contribution in [2.75, 3.05) is 25.0 Å². The van der Waals surface area contributed by atoms with Gasteiger partial charge in [-0.2, -0.15) is 0 Å². The highest BCUT2D eigenvalue weighted by Crippen LogP contribution is 2.13. The fourth-order valence-electron chi connectivity index (χ4n) is 2.35. The molecule has 0 radical (unpaired) electrons. The quantitative estimate of drug-likeness (QED) is 0.736. The van der Waals surface area contributed by atoms with Crippen molar-refractivity contribution in [2.45, 2.75) is 46.6 Å². The molecule has 5 heteroatoms. The highest BCUT2D eigenvalue weighted by molar-refractivity contribution is 5.95. The first kappa shape index (κ1) is 19.0. The molecule has 0 atom stereocenters. The van der Waals surface area contributed by atoms with Crippen molar-refractivity contribution in [3.8, 4) is 0 Å². The summed E-state index contributed by atoms with van der Waals surface area (Å²) < 4.78 is 0. The molecule has 5 nitrogen and oxygen atoms in total. The monoisotopic (exact) mass is 319 g/mol. The minimum Gasteiger partial charge on any atom is -0.376 e. The zero-order valence-corrected chi connectivity index (χ0v) is 14.7. The van der Waals surface area contributed by atoms with E-state index in [1.54, 1.807) is 0 Å². The average molecular weight is 319 g/mol. The Morgan fingerprint density at radius 3 is 2.35 bits per heavy atom. The molecule has 0 heterocycles. The van der Waals surface area contributed by atoms with Gasteiger partial charge in [-0.3, -0.25) is 9.59 Å². The van der Waals surface area contributed by atoms with Crippen LogP contribution in [0.25, 0.3) is 0 Å². The van der Waals surface area contributed by atoms with Crippen LogP contribution in [0.5, 0.6) is 0 Å². The molecule has 1 aromatic carbocycles. The molecule has 0 aromatic heterocycles. The molecule has 1 rings (SSSR count). The van der Waals surface area contributed by atoms with E-state index in [1.807, 2.05) is 43.0 Å². The van der Waals surface area contributed by atoms with Crippen molar-refractivity contribution in [1.29, 1.82) is 0 Å².